The molecule has 12 heteroatoms. The third-order valence-electron chi connectivity index (χ3n) is 5.57. The molecule has 9 nitrogen and oxygen atoms in total. The third-order valence-corrected chi connectivity index (χ3v) is 6.20. The largest absolute Gasteiger partial charge is 0.345 e. The molecule has 2 aromatic carbocycles. The molecule has 0 aliphatic heterocycles. The zero-order valence-corrected chi connectivity index (χ0v) is 21.5. The van der Waals surface area contributed by atoms with Crippen LogP contribution in [0.25, 0.3) is 16.9 Å². The van der Waals surface area contributed by atoms with E-state index in [1.54, 1.807) is 36.5 Å². The van der Waals surface area contributed by atoms with Crippen molar-refractivity contribution in [2.75, 3.05) is 5.32 Å². The molecule has 0 aliphatic carbocycles. The van der Waals surface area contributed by atoms with Crippen LogP contribution >= 0.6 is 23.2 Å². The number of carbonyl (C=O) groups excluding carboxylic acids is 2. The monoisotopic (exact) mass is 561 g/mol. The van der Waals surface area contributed by atoms with Crippen molar-refractivity contribution in [1.82, 2.24) is 30.0 Å². The van der Waals surface area contributed by atoms with Gasteiger partial charge in [-0.15, -0.1) is 0 Å². The van der Waals surface area contributed by atoms with Gasteiger partial charge in [0.15, 0.2) is 5.69 Å². The number of halogens is 3. The van der Waals surface area contributed by atoms with E-state index < -0.39 is 17.6 Å². The van der Waals surface area contributed by atoms with Crippen molar-refractivity contribution in [3.05, 3.63) is 118 Å². The number of carbonyl (C=O) groups is 2. The van der Waals surface area contributed by atoms with Crippen LogP contribution in [0.15, 0.2) is 85.5 Å². The summed E-state index contributed by atoms with van der Waals surface area (Å²) < 4.78 is 15.8. The summed E-state index contributed by atoms with van der Waals surface area (Å²) in [7, 11) is 0. The average Bonchev–Trinajstić information content (AvgIpc) is 3.37. The van der Waals surface area contributed by atoms with E-state index in [1.165, 1.54) is 47.5 Å². The Morgan fingerprint density at radius 1 is 0.897 bits per heavy atom. The topological polar surface area (TPSA) is 115 Å². The molecule has 3 aromatic heterocycles. The predicted octanol–water partition coefficient (Wildman–Crippen LogP) is 5.35. The van der Waals surface area contributed by atoms with Crippen molar-refractivity contribution < 1.29 is 14.0 Å². The summed E-state index contributed by atoms with van der Waals surface area (Å²) in [5, 5.41) is 10.1. The predicted molar refractivity (Wildman–Crippen MR) is 144 cm³/mol. The van der Waals surface area contributed by atoms with Crippen LogP contribution in [0.4, 0.5) is 10.2 Å². The third kappa shape index (κ3) is 5.77. The maximum absolute atomic E-state index is 14.4. The maximum Gasteiger partial charge on any atom is 0.272 e. The Hall–Kier alpha value is -4.67. The van der Waals surface area contributed by atoms with Crippen molar-refractivity contribution in [3.63, 3.8) is 0 Å². The van der Waals surface area contributed by atoms with Gasteiger partial charge in [-0.1, -0.05) is 41.4 Å². The van der Waals surface area contributed by atoms with E-state index >= 15 is 0 Å². The minimum absolute atomic E-state index is 0.0230. The summed E-state index contributed by atoms with van der Waals surface area (Å²) >= 11 is 12.6. The SMILES string of the molecule is O=C(NCc1ccncn1)c1cc(NC(=O)c2cc(-c3ncccc3F)c(Cl)cc2Cl)n(-c2ccccc2)n1. The first-order valence-corrected chi connectivity index (χ1v) is 12.3. The highest BCUT2D eigenvalue weighted by molar-refractivity contribution is 6.38. The molecule has 2 N–H and O–H groups in total. The summed E-state index contributed by atoms with van der Waals surface area (Å²) in [5.74, 6) is -1.50. The fourth-order valence-corrected chi connectivity index (χ4v) is 4.26. The summed E-state index contributed by atoms with van der Waals surface area (Å²) in [6.07, 6.45) is 4.37. The number of amides is 2. The maximum atomic E-state index is 14.4. The molecule has 0 bridgehead atoms. The number of nitrogens with one attached hydrogen (secondary N) is 2. The fourth-order valence-electron chi connectivity index (χ4n) is 3.70. The lowest BCUT2D eigenvalue weighted by Crippen LogP contribution is -2.23. The molecule has 5 aromatic rings. The number of rotatable bonds is 7. The summed E-state index contributed by atoms with van der Waals surface area (Å²) in [6, 6.07) is 17.5. The number of para-hydroxylation sites is 1. The van der Waals surface area contributed by atoms with E-state index in [-0.39, 0.29) is 44.9 Å². The molecule has 0 unspecified atom stereocenters. The lowest BCUT2D eigenvalue weighted by atomic mass is 10.1. The van der Waals surface area contributed by atoms with E-state index in [2.05, 4.69) is 30.7 Å². The minimum Gasteiger partial charge on any atom is -0.345 e. The van der Waals surface area contributed by atoms with Gasteiger partial charge in [-0.05, 0) is 42.5 Å². The summed E-state index contributed by atoms with van der Waals surface area (Å²) in [6.45, 7) is 0.161. The van der Waals surface area contributed by atoms with Gasteiger partial charge in [0, 0.05) is 24.0 Å². The minimum atomic E-state index is -0.626. The molecule has 0 saturated carbocycles. The van der Waals surface area contributed by atoms with Crippen LogP contribution in [0, 0.1) is 5.82 Å². The molecule has 0 saturated heterocycles. The van der Waals surface area contributed by atoms with Crippen LogP contribution in [0.5, 0.6) is 0 Å². The first kappa shape index (κ1) is 26.0. The van der Waals surface area contributed by atoms with Gasteiger partial charge >= 0.3 is 0 Å². The van der Waals surface area contributed by atoms with Crippen molar-refractivity contribution in [2.24, 2.45) is 0 Å². The molecule has 3 heterocycles. The van der Waals surface area contributed by atoms with Gasteiger partial charge in [0.2, 0.25) is 0 Å². The van der Waals surface area contributed by atoms with Crippen molar-refractivity contribution >= 4 is 40.8 Å². The second-order valence-electron chi connectivity index (χ2n) is 8.15. The zero-order chi connectivity index (χ0) is 27.4. The fraction of sp³-hybridized carbons (Fsp3) is 0.0370. The second kappa shape index (κ2) is 11.4. The van der Waals surface area contributed by atoms with Gasteiger partial charge in [0.1, 0.15) is 23.7 Å². The first-order chi connectivity index (χ1) is 18.9. The van der Waals surface area contributed by atoms with Gasteiger partial charge < -0.3 is 10.6 Å². The highest BCUT2D eigenvalue weighted by Crippen LogP contribution is 2.33. The Morgan fingerprint density at radius 3 is 2.46 bits per heavy atom. The molecule has 2 amide bonds. The van der Waals surface area contributed by atoms with Gasteiger partial charge in [-0.2, -0.15) is 5.10 Å². The molecular weight excluding hydrogens is 544 g/mol. The number of aromatic nitrogens is 5. The van der Waals surface area contributed by atoms with E-state index in [9.17, 15) is 14.0 Å². The van der Waals surface area contributed by atoms with E-state index in [0.717, 1.165) is 0 Å². The molecule has 0 radical (unpaired) electrons. The lowest BCUT2D eigenvalue weighted by Gasteiger charge is -2.12. The smallest absolute Gasteiger partial charge is 0.272 e. The molecule has 0 atom stereocenters. The number of benzene rings is 2. The Morgan fingerprint density at radius 2 is 1.72 bits per heavy atom. The Kier molecular flexibility index (Phi) is 7.57. The van der Waals surface area contributed by atoms with Gasteiger partial charge in [-0.3, -0.25) is 14.6 Å². The van der Waals surface area contributed by atoms with E-state index in [0.29, 0.717) is 11.4 Å². The van der Waals surface area contributed by atoms with Crippen molar-refractivity contribution in [2.45, 2.75) is 6.54 Å². The van der Waals surface area contributed by atoms with Crippen molar-refractivity contribution in [3.8, 4) is 16.9 Å². The summed E-state index contributed by atoms with van der Waals surface area (Å²) in [4.78, 5) is 38.2. The van der Waals surface area contributed by atoms with Crippen LogP contribution in [-0.2, 0) is 6.54 Å². The van der Waals surface area contributed by atoms with Crippen LogP contribution in [0.1, 0.15) is 26.5 Å². The van der Waals surface area contributed by atoms with Gasteiger partial charge in [0.05, 0.1) is 33.5 Å². The number of hydrogen-bond acceptors (Lipinski definition) is 6. The van der Waals surface area contributed by atoms with Crippen LogP contribution in [-0.4, -0.2) is 36.5 Å². The molecule has 0 fully saturated rings. The van der Waals surface area contributed by atoms with E-state index in [1.807, 2.05) is 6.07 Å². The second-order valence-corrected chi connectivity index (χ2v) is 8.96. The van der Waals surface area contributed by atoms with Crippen molar-refractivity contribution in [1.29, 1.82) is 0 Å². The number of hydrogen-bond donors (Lipinski definition) is 2. The Bertz CT molecular complexity index is 1660. The Balaban J connectivity index is 1.46. The standard InChI is InChI=1S/C27H18Cl2FN7O2/c28-20-12-21(29)19(11-18(20)25-22(30)7-4-9-32-25)26(38)35-24-13-23(36-37(24)17-5-2-1-3-6-17)27(39)33-14-16-8-10-31-15-34-16/h1-13,15H,14H2,(H,33,39)(H,35,38). The number of pyridine rings is 1. The molecule has 5 rings (SSSR count). The number of nitrogens with zero attached hydrogens (tertiary/aromatic N) is 5. The van der Waals surface area contributed by atoms with Crippen LogP contribution < -0.4 is 10.6 Å². The first-order valence-electron chi connectivity index (χ1n) is 11.5. The van der Waals surface area contributed by atoms with Gasteiger partial charge in [0.25, 0.3) is 11.8 Å². The average molecular weight is 562 g/mol. The molecule has 194 valence electrons. The molecule has 39 heavy (non-hydrogen) atoms. The molecule has 0 aliphatic rings. The van der Waals surface area contributed by atoms with E-state index in [4.69, 9.17) is 23.2 Å². The number of anilines is 1. The zero-order valence-electron chi connectivity index (χ0n) is 20.0. The van der Waals surface area contributed by atoms with Crippen LogP contribution in [0.3, 0.4) is 0 Å². The molecule has 0 spiro atoms. The highest BCUT2D eigenvalue weighted by Gasteiger charge is 2.21. The molecular formula is C27H18Cl2FN7O2. The van der Waals surface area contributed by atoms with Gasteiger partial charge in [-0.25, -0.2) is 19.0 Å². The lowest BCUT2D eigenvalue weighted by molar-refractivity contribution is 0.0944. The normalized spacial score (nSPS) is 10.7. The highest BCUT2D eigenvalue weighted by atomic mass is 35.5. The Labute approximate surface area is 231 Å². The quantitative estimate of drug-likeness (QED) is 0.276. The summed E-state index contributed by atoms with van der Waals surface area (Å²) in [5.41, 5.74) is 1.47. The van der Waals surface area contributed by atoms with Crippen LogP contribution in [0.2, 0.25) is 10.0 Å².